The largest absolute Gasteiger partial charge is 0.337 e. The Hall–Kier alpha value is -0.840. The fourth-order valence-corrected chi connectivity index (χ4v) is 2.40. The number of benzene rings is 1. The van der Waals surface area contributed by atoms with Gasteiger partial charge in [-0.1, -0.05) is 17.7 Å². The summed E-state index contributed by atoms with van der Waals surface area (Å²) < 4.78 is 13.6. The molecule has 1 aromatic carbocycles. The smallest absolute Gasteiger partial charge is 0.227 e. The molecule has 3 nitrogen and oxygen atoms in total. The predicted octanol–water partition coefficient (Wildman–Crippen LogP) is 2.26. The molecule has 0 unspecified atom stereocenters. The summed E-state index contributed by atoms with van der Waals surface area (Å²) in [6, 6.07) is 4.61. The average molecular weight is 307 g/mol. The third kappa shape index (κ3) is 3.81. The van der Waals surface area contributed by atoms with Gasteiger partial charge in [0, 0.05) is 36.3 Å². The molecular formula is C13H17Cl2FN2O. The lowest BCUT2D eigenvalue weighted by Gasteiger charge is -2.34. The Bertz CT molecular complexity index is 436. The van der Waals surface area contributed by atoms with Crippen molar-refractivity contribution in [2.75, 3.05) is 19.6 Å². The minimum Gasteiger partial charge on any atom is -0.337 e. The Labute approximate surface area is 123 Å². The molecule has 19 heavy (non-hydrogen) atoms. The van der Waals surface area contributed by atoms with Crippen molar-refractivity contribution in [3.05, 3.63) is 34.6 Å². The van der Waals surface area contributed by atoms with Gasteiger partial charge < -0.3 is 10.2 Å². The van der Waals surface area contributed by atoms with Crippen molar-refractivity contribution in [3.63, 3.8) is 0 Å². The summed E-state index contributed by atoms with van der Waals surface area (Å²) in [7, 11) is 0. The van der Waals surface area contributed by atoms with E-state index in [9.17, 15) is 9.18 Å². The molecule has 0 saturated carbocycles. The van der Waals surface area contributed by atoms with Crippen LogP contribution in [0.5, 0.6) is 0 Å². The lowest BCUT2D eigenvalue weighted by molar-refractivity contribution is -0.133. The molecule has 106 valence electrons. The summed E-state index contributed by atoms with van der Waals surface area (Å²) in [6.45, 7) is 4.19. The lowest BCUT2D eigenvalue weighted by atomic mass is 10.1. The molecule has 1 N–H and O–H groups in total. The summed E-state index contributed by atoms with van der Waals surface area (Å²) in [4.78, 5) is 13.9. The summed E-state index contributed by atoms with van der Waals surface area (Å²) in [6.07, 6.45) is 0.0237. The molecule has 6 heteroatoms. The first-order valence-electron chi connectivity index (χ1n) is 6.02. The molecule has 1 aromatic rings. The maximum absolute atomic E-state index is 13.6. The second kappa shape index (κ2) is 7.08. The van der Waals surface area contributed by atoms with E-state index in [0.29, 0.717) is 11.6 Å². The van der Waals surface area contributed by atoms with Crippen LogP contribution in [0.2, 0.25) is 5.02 Å². The minimum absolute atomic E-state index is 0. The molecule has 1 saturated heterocycles. The maximum atomic E-state index is 13.6. The number of nitrogens with zero attached hydrogens (tertiary/aromatic N) is 1. The Morgan fingerprint density at radius 1 is 1.58 bits per heavy atom. The molecule has 0 radical (unpaired) electrons. The first kappa shape index (κ1) is 16.2. The molecule has 1 aliphatic rings. The van der Waals surface area contributed by atoms with Crippen LogP contribution in [-0.4, -0.2) is 36.5 Å². The second-order valence-electron chi connectivity index (χ2n) is 4.52. The molecule has 0 aromatic heterocycles. The van der Waals surface area contributed by atoms with Gasteiger partial charge in [0.25, 0.3) is 0 Å². The van der Waals surface area contributed by atoms with Gasteiger partial charge in [-0.25, -0.2) is 4.39 Å². The highest BCUT2D eigenvalue weighted by atomic mass is 35.5. The molecule has 0 spiro atoms. The highest BCUT2D eigenvalue weighted by Gasteiger charge is 2.24. The van der Waals surface area contributed by atoms with Crippen LogP contribution in [0.15, 0.2) is 18.2 Å². The number of rotatable bonds is 2. The van der Waals surface area contributed by atoms with Gasteiger partial charge in [0.2, 0.25) is 5.91 Å². The van der Waals surface area contributed by atoms with Gasteiger partial charge in [-0.3, -0.25) is 4.79 Å². The number of piperazine rings is 1. The topological polar surface area (TPSA) is 32.3 Å². The van der Waals surface area contributed by atoms with E-state index in [-0.39, 0.29) is 36.3 Å². The standard InChI is InChI=1S/C13H16ClFN2O.ClH/c1-9-8-16-5-6-17(9)13(18)7-10-11(14)3-2-4-12(10)15;/h2-4,9,16H,5-8H2,1H3;1H/t9-;/m1./s1. The molecular weight excluding hydrogens is 290 g/mol. The van der Waals surface area contributed by atoms with E-state index in [1.807, 2.05) is 6.92 Å². The summed E-state index contributed by atoms with van der Waals surface area (Å²) in [5.41, 5.74) is 0.287. The van der Waals surface area contributed by atoms with E-state index in [0.717, 1.165) is 13.1 Å². The van der Waals surface area contributed by atoms with E-state index in [2.05, 4.69) is 5.32 Å². The van der Waals surface area contributed by atoms with Gasteiger partial charge >= 0.3 is 0 Å². The molecule has 2 rings (SSSR count). The molecule has 1 amide bonds. The SMILES string of the molecule is C[C@@H]1CNCCN1C(=O)Cc1c(F)cccc1Cl.Cl. The third-order valence-corrected chi connectivity index (χ3v) is 3.57. The van der Waals surface area contributed by atoms with Gasteiger partial charge in [0.1, 0.15) is 5.82 Å². The maximum Gasteiger partial charge on any atom is 0.227 e. The van der Waals surface area contributed by atoms with E-state index < -0.39 is 5.82 Å². The second-order valence-corrected chi connectivity index (χ2v) is 4.92. The Morgan fingerprint density at radius 2 is 2.32 bits per heavy atom. The van der Waals surface area contributed by atoms with Gasteiger partial charge in [0.15, 0.2) is 0 Å². The Morgan fingerprint density at radius 3 is 2.95 bits per heavy atom. The highest BCUT2D eigenvalue weighted by Crippen LogP contribution is 2.20. The summed E-state index contributed by atoms with van der Waals surface area (Å²) in [5.74, 6) is -0.491. The van der Waals surface area contributed by atoms with Crippen LogP contribution in [0.1, 0.15) is 12.5 Å². The lowest BCUT2D eigenvalue weighted by Crippen LogP contribution is -2.52. The summed E-state index contributed by atoms with van der Waals surface area (Å²) >= 11 is 5.93. The van der Waals surface area contributed by atoms with Crippen LogP contribution in [0.3, 0.4) is 0 Å². The number of carbonyl (C=O) groups is 1. The zero-order chi connectivity index (χ0) is 13.1. The Kier molecular flexibility index (Phi) is 6.04. The molecule has 1 aliphatic heterocycles. The average Bonchev–Trinajstić information content (AvgIpc) is 2.34. The van der Waals surface area contributed by atoms with E-state index in [1.165, 1.54) is 6.07 Å². The van der Waals surface area contributed by atoms with Crippen LogP contribution in [-0.2, 0) is 11.2 Å². The zero-order valence-electron chi connectivity index (χ0n) is 10.7. The van der Waals surface area contributed by atoms with Crippen LogP contribution in [0.4, 0.5) is 4.39 Å². The highest BCUT2D eigenvalue weighted by molar-refractivity contribution is 6.31. The van der Waals surface area contributed by atoms with Crippen LogP contribution >= 0.6 is 24.0 Å². The number of carbonyl (C=O) groups excluding carboxylic acids is 1. The van der Waals surface area contributed by atoms with Gasteiger partial charge in [-0.15, -0.1) is 12.4 Å². The van der Waals surface area contributed by atoms with Gasteiger partial charge in [0.05, 0.1) is 6.42 Å². The molecule has 0 bridgehead atoms. The van der Waals surface area contributed by atoms with E-state index >= 15 is 0 Å². The van der Waals surface area contributed by atoms with Crippen LogP contribution in [0, 0.1) is 5.82 Å². The molecule has 1 heterocycles. The van der Waals surface area contributed by atoms with Crippen molar-refractivity contribution in [1.29, 1.82) is 0 Å². The van der Waals surface area contributed by atoms with Crippen molar-refractivity contribution >= 4 is 29.9 Å². The number of nitrogens with one attached hydrogen (secondary N) is 1. The third-order valence-electron chi connectivity index (χ3n) is 3.21. The Balaban J connectivity index is 0.00000180. The number of hydrogen-bond acceptors (Lipinski definition) is 2. The molecule has 1 atom stereocenters. The molecule has 0 aliphatic carbocycles. The first-order valence-corrected chi connectivity index (χ1v) is 6.40. The van der Waals surface area contributed by atoms with Crippen molar-refractivity contribution < 1.29 is 9.18 Å². The first-order chi connectivity index (χ1) is 8.59. The predicted molar refractivity (Wildman–Crippen MR) is 76.4 cm³/mol. The monoisotopic (exact) mass is 306 g/mol. The fraction of sp³-hybridized carbons (Fsp3) is 0.462. The fourth-order valence-electron chi connectivity index (χ4n) is 2.17. The van der Waals surface area contributed by atoms with Crippen molar-refractivity contribution in [2.45, 2.75) is 19.4 Å². The van der Waals surface area contributed by atoms with Crippen LogP contribution < -0.4 is 5.32 Å². The number of amides is 1. The number of halogens is 3. The van der Waals surface area contributed by atoms with Crippen LogP contribution in [0.25, 0.3) is 0 Å². The molecule has 1 fully saturated rings. The van der Waals surface area contributed by atoms with Crippen molar-refractivity contribution in [2.24, 2.45) is 0 Å². The van der Waals surface area contributed by atoms with Gasteiger partial charge in [-0.05, 0) is 19.1 Å². The van der Waals surface area contributed by atoms with E-state index in [1.54, 1.807) is 17.0 Å². The van der Waals surface area contributed by atoms with E-state index in [4.69, 9.17) is 11.6 Å². The summed E-state index contributed by atoms with van der Waals surface area (Å²) in [5, 5.41) is 3.52. The quantitative estimate of drug-likeness (QED) is 0.909. The van der Waals surface area contributed by atoms with Crippen molar-refractivity contribution in [3.8, 4) is 0 Å². The zero-order valence-corrected chi connectivity index (χ0v) is 12.2. The van der Waals surface area contributed by atoms with Gasteiger partial charge in [-0.2, -0.15) is 0 Å². The minimum atomic E-state index is -0.418. The number of hydrogen-bond donors (Lipinski definition) is 1. The normalized spacial score (nSPS) is 18.9. The van der Waals surface area contributed by atoms with Crippen molar-refractivity contribution in [1.82, 2.24) is 10.2 Å².